The van der Waals surface area contributed by atoms with Crippen molar-refractivity contribution in [3.63, 3.8) is 0 Å². The average Bonchev–Trinajstić information content (AvgIpc) is 2.29. The third-order valence-electron chi connectivity index (χ3n) is 2.20. The summed E-state index contributed by atoms with van der Waals surface area (Å²) in [6.45, 7) is 6.11. The summed E-state index contributed by atoms with van der Waals surface area (Å²) in [6.07, 6.45) is -0.206. The minimum Gasteiger partial charge on any atom is -0.522 e. The summed E-state index contributed by atoms with van der Waals surface area (Å²) in [6, 6.07) is 9.78. The summed E-state index contributed by atoms with van der Waals surface area (Å²) in [5.74, 6) is 0.871. The lowest BCUT2D eigenvalue weighted by Crippen LogP contribution is -2.34. The average molecular weight is 240 g/mol. The molecule has 1 aromatic carbocycles. The Hall–Kier alpha value is -0.843. The van der Waals surface area contributed by atoms with Gasteiger partial charge < -0.3 is 13.6 Å². The van der Waals surface area contributed by atoms with E-state index in [4.69, 9.17) is 13.6 Å². The van der Waals surface area contributed by atoms with Crippen LogP contribution in [-0.2, 0) is 9.16 Å². The lowest BCUT2D eigenvalue weighted by atomic mass is 10.3. The van der Waals surface area contributed by atoms with Crippen molar-refractivity contribution >= 4 is 9.28 Å². The van der Waals surface area contributed by atoms with Gasteiger partial charge in [-0.25, -0.2) is 0 Å². The van der Waals surface area contributed by atoms with Crippen molar-refractivity contribution in [2.24, 2.45) is 0 Å². The van der Waals surface area contributed by atoms with Gasteiger partial charge >= 0.3 is 9.28 Å². The van der Waals surface area contributed by atoms with Crippen molar-refractivity contribution in [3.05, 3.63) is 30.3 Å². The monoisotopic (exact) mass is 240 g/mol. The van der Waals surface area contributed by atoms with Gasteiger partial charge in [0, 0.05) is 12.7 Å². The molecule has 16 heavy (non-hydrogen) atoms. The Balaban J connectivity index is 2.58. The third kappa shape index (κ3) is 4.34. The van der Waals surface area contributed by atoms with Gasteiger partial charge in [-0.2, -0.15) is 0 Å². The fraction of sp³-hybridized carbons (Fsp3) is 0.500. The lowest BCUT2D eigenvalue weighted by molar-refractivity contribution is -0.0507. The molecule has 0 radical (unpaired) electrons. The first-order chi connectivity index (χ1) is 7.63. The van der Waals surface area contributed by atoms with Crippen LogP contribution in [0.4, 0.5) is 0 Å². The molecule has 0 saturated carbocycles. The van der Waals surface area contributed by atoms with Crippen LogP contribution in [0.1, 0.15) is 20.8 Å². The Morgan fingerprint density at radius 1 is 1.06 bits per heavy atom. The van der Waals surface area contributed by atoms with Crippen LogP contribution in [0.25, 0.3) is 0 Å². The highest BCUT2D eigenvalue weighted by Gasteiger charge is 2.22. The largest absolute Gasteiger partial charge is 0.522 e. The Morgan fingerprint density at radius 3 is 2.19 bits per heavy atom. The van der Waals surface area contributed by atoms with Crippen molar-refractivity contribution in [2.75, 3.05) is 7.11 Å². The molecule has 0 bridgehead atoms. The van der Waals surface area contributed by atoms with Gasteiger partial charge in [0.1, 0.15) is 12.0 Å². The molecular formula is C12H20O3Si. The molecular weight excluding hydrogens is 220 g/mol. The molecule has 0 amide bonds. The second kappa shape index (κ2) is 6.68. The molecule has 0 N–H and O–H groups in total. The number of rotatable bonds is 6. The van der Waals surface area contributed by atoms with E-state index in [-0.39, 0.29) is 6.29 Å². The van der Waals surface area contributed by atoms with Crippen LogP contribution in [0, 0.1) is 0 Å². The molecule has 0 fully saturated rings. The van der Waals surface area contributed by atoms with Gasteiger partial charge in [-0.3, -0.25) is 0 Å². The van der Waals surface area contributed by atoms with Crippen LogP contribution in [0.15, 0.2) is 30.3 Å². The molecule has 0 aliphatic carbocycles. The molecule has 0 aliphatic heterocycles. The highest BCUT2D eigenvalue weighted by atomic mass is 28.3. The quantitative estimate of drug-likeness (QED) is 0.565. The molecule has 90 valence electrons. The molecule has 2 atom stereocenters. The zero-order chi connectivity index (χ0) is 12.0. The third-order valence-corrected chi connectivity index (χ3v) is 4.44. The van der Waals surface area contributed by atoms with Crippen LogP contribution < -0.4 is 4.43 Å². The molecule has 1 rings (SSSR count). The maximum atomic E-state index is 5.89. The minimum absolute atomic E-state index is 0.206. The van der Waals surface area contributed by atoms with Gasteiger partial charge in [0.15, 0.2) is 0 Å². The Kier molecular flexibility index (Phi) is 5.52. The molecule has 0 aliphatic rings. The van der Waals surface area contributed by atoms with Gasteiger partial charge in [0.2, 0.25) is 0 Å². The number of hydrogen-bond acceptors (Lipinski definition) is 3. The predicted molar refractivity (Wildman–Crippen MR) is 66.9 cm³/mol. The summed E-state index contributed by atoms with van der Waals surface area (Å²) in [5.41, 5.74) is 0.401. The Morgan fingerprint density at radius 2 is 1.69 bits per heavy atom. The van der Waals surface area contributed by atoms with Crippen LogP contribution in [0.3, 0.4) is 0 Å². The van der Waals surface area contributed by atoms with E-state index in [1.807, 2.05) is 37.3 Å². The molecule has 1 aromatic rings. The number of ether oxygens (including phenoxy) is 1. The van der Waals surface area contributed by atoms with E-state index in [2.05, 4.69) is 13.8 Å². The van der Waals surface area contributed by atoms with Crippen molar-refractivity contribution in [3.8, 4) is 5.75 Å². The molecule has 0 saturated heterocycles. The molecule has 0 heterocycles. The maximum Gasteiger partial charge on any atom is 0.387 e. The second-order valence-electron chi connectivity index (χ2n) is 3.98. The summed E-state index contributed by atoms with van der Waals surface area (Å²) < 4.78 is 16.7. The van der Waals surface area contributed by atoms with Gasteiger partial charge in [0.25, 0.3) is 0 Å². The number of hydrogen-bond donors (Lipinski definition) is 0. The first-order valence-corrected chi connectivity index (χ1v) is 7.14. The smallest absolute Gasteiger partial charge is 0.387 e. The Bertz CT molecular complexity index is 290. The number of methoxy groups -OCH3 is 1. The molecule has 3 nitrogen and oxygen atoms in total. The van der Waals surface area contributed by atoms with Crippen molar-refractivity contribution < 1.29 is 13.6 Å². The molecule has 0 aromatic heterocycles. The highest BCUT2D eigenvalue weighted by molar-refractivity contribution is 6.47. The van der Waals surface area contributed by atoms with E-state index in [9.17, 15) is 0 Å². The van der Waals surface area contributed by atoms with E-state index in [0.29, 0.717) is 5.54 Å². The molecule has 4 heteroatoms. The highest BCUT2D eigenvalue weighted by Crippen LogP contribution is 2.17. The lowest BCUT2D eigenvalue weighted by Gasteiger charge is -2.23. The summed E-state index contributed by atoms with van der Waals surface area (Å²) in [7, 11) is -0.0964. The van der Waals surface area contributed by atoms with Gasteiger partial charge in [-0.05, 0) is 19.1 Å². The zero-order valence-electron chi connectivity index (χ0n) is 10.3. The fourth-order valence-corrected chi connectivity index (χ4v) is 2.75. The van der Waals surface area contributed by atoms with Crippen LogP contribution in [0.2, 0.25) is 5.54 Å². The SMILES string of the molecule is COC(C)O[SiH](Oc1ccccc1)C(C)C. The predicted octanol–water partition coefficient (Wildman–Crippen LogP) is 2.70. The zero-order valence-corrected chi connectivity index (χ0v) is 11.5. The summed E-state index contributed by atoms with van der Waals surface area (Å²) in [4.78, 5) is 0. The molecule has 2 unspecified atom stereocenters. The van der Waals surface area contributed by atoms with E-state index in [0.717, 1.165) is 5.75 Å². The van der Waals surface area contributed by atoms with E-state index < -0.39 is 9.28 Å². The van der Waals surface area contributed by atoms with Gasteiger partial charge in [-0.15, -0.1) is 0 Å². The van der Waals surface area contributed by atoms with Crippen LogP contribution in [0.5, 0.6) is 5.75 Å². The minimum atomic E-state index is -1.73. The normalized spacial score (nSPS) is 14.8. The van der Waals surface area contributed by atoms with Crippen molar-refractivity contribution in [1.82, 2.24) is 0 Å². The van der Waals surface area contributed by atoms with E-state index >= 15 is 0 Å². The maximum absolute atomic E-state index is 5.89. The van der Waals surface area contributed by atoms with Crippen LogP contribution in [-0.4, -0.2) is 22.7 Å². The van der Waals surface area contributed by atoms with Crippen molar-refractivity contribution in [2.45, 2.75) is 32.6 Å². The Labute approximate surface area is 99.2 Å². The van der Waals surface area contributed by atoms with Crippen LogP contribution >= 0.6 is 0 Å². The van der Waals surface area contributed by atoms with E-state index in [1.54, 1.807) is 7.11 Å². The number of para-hydroxylation sites is 1. The second-order valence-corrected chi connectivity index (χ2v) is 6.56. The fourth-order valence-electron chi connectivity index (χ4n) is 1.20. The first kappa shape index (κ1) is 13.2. The standard InChI is InChI=1S/C12H20O3Si/c1-10(2)16(14-11(3)13-4)15-12-8-6-5-7-9-12/h5-11,16H,1-4H3. The van der Waals surface area contributed by atoms with Gasteiger partial charge in [0.05, 0.1) is 0 Å². The number of benzene rings is 1. The summed E-state index contributed by atoms with van der Waals surface area (Å²) in [5, 5.41) is 0. The first-order valence-electron chi connectivity index (χ1n) is 5.53. The van der Waals surface area contributed by atoms with Gasteiger partial charge in [-0.1, -0.05) is 32.0 Å². The van der Waals surface area contributed by atoms with Crippen molar-refractivity contribution in [1.29, 1.82) is 0 Å². The molecule has 0 spiro atoms. The summed E-state index contributed by atoms with van der Waals surface area (Å²) >= 11 is 0. The topological polar surface area (TPSA) is 27.7 Å². The van der Waals surface area contributed by atoms with E-state index in [1.165, 1.54) is 0 Å².